The Bertz CT molecular complexity index is 909. The Balaban J connectivity index is 3.52. The van der Waals surface area contributed by atoms with E-state index in [-0.39, 0.29) is 6.61 Å². The summed E-state index contributed by atoms with van der Waals surface area (Å²) in [4.78, 5) is 12.6. The standard InChI is InChI=1S/C59H117NO4/c1-3-5-7-9-11-13-15-17-19-21-23-25-27-29-31-33-35-37-39-41-43-45-47-49-51-53-57(62)56(55-61)60-59(64)58(63)54-52-50-48-46-44-42-40-38-36-34-32-30-28-26-24-22-20-18-16-14-12-10-8-6-4-2/h51,53,56-58,61-63H,3-50,52,54-55H2,1-2H3,(H,60,64)/b53-51+. The molecule has 0 saturated carbocycles. The van der Waals surface area contributed by atoms with Crippen molar-refractivity contribution in [3.05, 3.63) is 12.2 Å². The lowest BCUT2D eigenvalue weighted by Gasteiger charge is -2.21. The molecule has 1 amide bonds. The van der Waals surface area contributed by atoms with Crippen molar-refractivity contribution in [1.29, 1.82) is 0 Å². The van der Waals surface area contributed by atoms with E-state index in [9.17, 15) is 20.1 Å². The van der Waals surface area contributed by atoms with E-state index in [2.05, 4.69) is 19.2 Å². The van der Waals surface area contributed by atoms with Crippen LogP contribution in [0, 0.1) is 0 Å². The molecule has 0 aromatic heterocycles. The molecule has 0 rings (SSSR count). The minimum atomic E-state index is -1.09. The van der Waals surface area contributed by atoms with Crippen molar-refractivity contribution in [3.8, 4) is 0 Å². The third kappa shape index (κ3) is 49.0. The van der Waals surface area contributed by atoms with Gasteiger partial charge >= 0.3 is 0 Å². The van der Waals surface area contributed by atoms with E-state index in [1.54, 1.807) is 6.08 Å². The van der Waals surface area contributed by atoms with Crippen LogP contribution in [-0.2, 0) is 4.79 Å². The minimum absolute atomic E-state index is 0.358. The predicted octanol–water partition coefficient (Wildman–Crippen LogP) is 18.3. The quantitative estimate of drug-likeness (QED) is 0.0362. The Morgan fingerprint density at radius 2 is 0.609 bits per heavy atom. The summed E-state index contributed by atoms with van der Waals surface area (Å²) in [5.41, 5.74) is 0. The van der Waals surface area contributed by atoms with Gasteiger partial charge in [0.05, 0.1) is 18.8 Å². The zero-order valence-corrected chi connectivity index (χ0v) is 43.7. The molecule has 0 aliphatic heterocycles. The first-order valence-electron chi connectivity index (χ1n) is 29.5. The number of aliphatic hydroxyl groups excluding tert-OH is 3. The SMILES string of the molecule is CCCCCCCCCCCCCCCCCCCCCCCCC/C=C/C(O)C(CO)NC(=O)C(O)CCCCCCCCCCCCCCCCCCCCCCCCCCC. The van der Waals surface area contributed by atoms with E-state index >= 15 is 0 Å². The van der Waals surface area contributed by atoms with Gasteiger partial charge in [-0.2, -0.15) is 0 Å². The van der Waals surface area contributed by atoms with Gasteiger partial charge in [0.1, 0.15) is 6.10 Å². The number of unbranched alkanes of at least 4 members (excludes halogenated alkanes) is 47. The van der Waals surface area contributed by atoms with Crippen molar-refractivity contribution in [1.82, 2.24) is 5.32 Å². The van der Waals surface area contributed by atoms with Crippen LogP contribution in [0.2, 0.25) is 0 Å². The second-order valence-corrected chi connectivity index (χ2v) is 20.6. The highest BCUT2D eigenvalue weighted by atomic mass is 16.3. The number of hydrogen-bond acceptors (Lipinski definition) is 4. The first-order valence-corrected chi connectivity index (χ1v) is 29.5. The fraction of sp³-hybridized carbons (Fsp3) is 0.949. The van der Waals surface area contributed by atoms with Crippen LogP contribution in [0.4, 0.5) is 0 Å². The molecule has 0 bridgehead atoms. The highest BCUT2D eigenvalue weighted by Crippen LogP contribution is 2.18. The third-order valence-corrected chi connectivity index (χ3v) is 14.1. The Hall–Kier alpha value is -0.910. The van der Waals surface area contributed by atoms with E-state index in [0.29, 0.717) is 6.42 Å². The van der Waals surface area contributed by atoms with Crippen LogP contribution in [0.1, 0.15) is 335 Å². The van der Waals surface area contributed by atoms with Crippen LogP contribution in [0.25, 0.3) is 0 Å². The molecule has 64 heavy (non-hydrogen) atoms. The number of carbonyl (C=O) groups excluding carboxylic acids is 1. The van der Waals surface area contributed by atoms with Gasteiger partial charge in [0.25, 0.3) is 0 Å². The number of rotatable bonds is 55. The maximum absolute atomic E-state index is 12.6. The summed E-state index contributed by atoms with van der Waals surface area (Å²) in [6.07, 6.45) is 68.7. The van der Waals surface area contributed by atoms with Crippen LogP contribution < -0.4 is 5.32 Å². The summed E-state index contributed by atoms with van der Waals surface area (Å²) in [6.45, 7) is 4.23. The largest absolute Gasteiger partial charge is 0.394 e. The molecule has 3 atom stereocenters. The lowest BCUT2D eigenvalue weighted by atomic mass is 10.0. The predicted molar refractivity (Wildman–Crippen MR) is 282 cm³/mol. The first kappa shape index (κ1) is 63.1. The molecule has 0 aromatic rings. The second kappa shape index (κ2) is 54.7. The van der Waals surface area contributed by atoms with Crippen molar-refractivity contribution < 1.29 is 20.1 Å². The third-order valence-electron chi connectivity index (χ3n) is 14.1. The summed E-state index contributed by atoms with van der Waals surface area (Å²) in [7, 11) is 0. The first-order chi connectivity index (χ1) is 31.6. The molecule has 0 saturated heterocycles. The van der Waals surface area contributed by atoms with Crippen molar-refractivity contribution in [2.45, 2.75) is 353 Å². The highest BCUT2D eigenvalue weighted by molar-refractivity contribution is 5.80. The Morgan fingerprint density at radius 1 is 0.375 bits per heavy atom. The van der Waals surface area contributed by atoms with Crippen LogP contribution in [0.5, 0.6) is 0 Å². The molecule has 4 N–H and O–H groups in total. The van der Waals surface area contributed by atoms with Gasteiger partial charge in [0.15, 0.2) is 0 Å². The average molecular weight is 905 g/mol. The van der Waals surface area contributed by atoms with E-state index in [4.69, 9.17) is 0 Å². The highest BCUT2D eigenvalue weighted by Gasteiger charge is 2.22. The van der Waals surface area contributed by atoms with E-state index in [0.717, 1.165) is 32.1 Å². The molecule has 0 aliphatic carbocycles. The van der Waals surface area contributed by atoms with E-state index < -0.39 is 24.2 Å². The van der Waals surface area contributed by atoms with Crippen LogP contribution in [-0.4, -0.2) is 46.1 Å². The molecule has 3 unspecified atom stereocenters. The molecule has 0 spiro atoms. The van der Waals surface area contributed by atoms with Gasteiger partial charge in [-0.05, 0) is 19.3 Å². The summed E-state index contributed by atoms with van der Waals surface area (Å²) in [5.74, 6) is -0.495. The maximum Gasteiger partial charge on any atom is 0.249 e. The summed E-state index contributed by atoms with van der Waals surface area (Å²) in [6, 6.07) is -0.795. The Labute approximate surface area is 401 Å². The lowest BCUT2D eigenvalue weighted by molar-refractivity contribution is -0.131. The number of aliphatic hydroxyl groups is 3. The zero-order valence-electron chi connectivity index (χ0n) is 43.7. The van der Waals surface area contributed by atoms with Crippen LogP contribution in [0.15, 0.2) is 12.2 Å². The monoisotopic (exact) mass is 904 g/mol. The van der Waals surface area contributed by atoms with Crippen LogP contribution >= 0.6 is 0 Å². The number of amides is 1. The summed E-state index contributed by atoms with van der Waals surface area (Å²) in [5, 5.41) is 33.4. The number of carbonyl (C=O) groups is 1. The maximum atomic E-state index is 12.6. The van der Waals surface area contributed by atoms with Crippen molar-refractivity contribution in [2.24, 2.45) is 0 Å². The molecule has 5 heteroatoms. The summed E-state index contributed by atoms with van der Waals surface area (Å²) >= 11 is 0. The van der Waals surface area contributed by atoms with Crippen molar-refractivity contribution in [2.75, 3.05) is 6.61 Å². The minimum Gasteiger partial charge on any atom is -0.394 e. The molecule has 0 aromatic carbocycles. The molecule has 382 valence electrons. The number of allylic oxidation sites excluding steroid dienone is 1. The molecular formula is C59H117NO4. The number of nitrogens with one attached hydrogen (secondary N) is 1. The molecule has 0 fully saturated rings. The fourth-order valence-electron chi connectivity index (χ4n) is 9.54. The van der Waals surface area contributed by atoms with Gasteiger partial charge in [0.2, 0.25) is 5.91 Å². The van der Waals surface area contributed by atoms with E-state index in [1.165, 1.54) is 283 Å². The smallest absolute Gasteiger partial charge is 0.249 e. The van der Waals surface area contributed by atoms with Gasteiger partial charge in [-0.15, -0.1) is 0 Å². The summed E-state index contributed by atoms with van der Waals surface area (Å²) < 4.78 is 0. The molecular weight excluding hydrogens is 787 g/mol. The normalized spacial score (nSPS) is 13.3. The van der Waals surface area contributed by atoms with Gasteiger partial charge < -0.3 is 20.6 Å². The van der Waals surface area contributed by atoms with Crippen molar-refractivity contribution in [3.63, 3.8) is 0 Å². The molecule has 5 nitrogen and oxygen atoms in total. The van der Waals surface area contributed by atoms with Gasteiger partial charge in [0, 0.05) is 0 Å². The molecule has 0 radical (unpaired) electrons. The Morgan fingerprint density at radius 3 is 0.859 bits per heavy atom. The van der Waals surface area contributed by atoms with Crippen LogP contribution in [0.3, 0.4) is 0 Å². The van der Waals surface area contributed by atoms with E-state index in [1.807, 2.05) is 6.08 Å². The average Bonchev–Trinajstić information content (AvgIpc) is 3.30. The van der Waals surface area contributed by atoms with Gasteiger partial charge in [-0.25, -0.2) is 0 Å². The van der Waals surface area contributed by atoms with Gasteiger partial charge in [-0.3, -0.25) is 4.79 Å². The number of hydrogen-bond donors (Lipinski definition) is 4. The Kier molecular flexibility index (Phi) is 53.9. The fourth-order valence-corrected chi connectivity index (χ4v) is 9.54. The second-order valence-electron chi connectivity index (χ2n) is 20.6. The van der Waals surface area contributed by atoms with Gasteiger partial charge in [-0.1, -0.05) is 328 Å². The molecule has 0 aliphatic rings. The molecule has 0 heterocycles. The topological polar surface area (TPSA) is 89.8 Å². The van der Waals surface area contributed by atoms with Crippen molar-refractivity contribution >= 4 is 5.91 Å². The zero-order chi connectivity index (χ0) is 46.5. The lowest BCUT2D eigenvalue weighted by Crippen LogP contribution is -2.48.